The Kier molecular flexibility index (Phi) is 4.49. The lowest BCUT2D eigenvalue weighted by molar-refractivity contribution is 0.190. The van der Waals surface area contributed by atoms with Crippen molar-refractivity contribution in [3.8, 4) is 0 Å². The predicted octanol–water partition coefficient (Wildman–Crippen LogP) is 1.65. The molecule has 4 heteroatoms. The molecular formula is C10H15FN2O. The van der Waals surface area contributed by atoms with Gasteiger partial charge in [0.1, 0.15) is 5.82 Å². The third kappa shape index (κ3) is 3.05. The molecule has 1 atom stereocenters. The fraction of sp³-hybridized carbons (Fsp3) is 0.500. The maximum atomic E-state index is 13.2. The van der Waals surface area contributed by atoms with E-state index in [-0.39, 0.29) is 11.9 Å². The number of nitrogens with zero attached hydrogens (tertiary/aromatic N) is 1. The molecule has 0 aliphatic carbocycles. The van der Waals surface area contributed by atoms with Crippen LogP contribution in [0.3, 0.4) is 0 Å². The number of halogens is 1. The monoisotopic (exact) mass is 198 g/mol. The standard InChI is InChI=1S/C10H15FN2O/c1-14-7-3-5-9(12)10-8(11)4-2-6-13-10/h2,4,6,9H,3,5,7,12H2,1H3. The van der Waals surface area contributed by atoms with Gasteiger partial charge in [0.15, 0.2) is 0 Å². The van der Waals surface area contributed by atoms with Gasteiger partial charge >= 0.3 is 0 Å². The number of methoxy groups -OCH3 is 1. The van der Waals surface area contributed by atoms with Crippen LogP contribution < -0.4 is 5.73 Å². The van der Waals surface area contributed by atoms with Crippen LogP contribution in [0, 0.1) is 5.82 Å². The van der Waals surface area contributed by atoms with E-state index in [1.807, 2.05) is 0 Å². The van der Waals surface area contributed by atoms with Crippen LogP contribution in [0.25, 0.3) is 0 Å². The Bertz CT molecular complexity index is 281. The van der Waals surface area contributed by atoms with Crippen LogP contribution >= 0.6 is 0 Å². The molecule has 1 rings (SSSR count). The molecule has 0 fully saturated rings. The summed E-state index contributed by atoms with van der Waals surface area (Å²) in [4.78, 5) is 3.92. The molecule has 78 valence electrons. The number of hydrogen-bond acceptors (Lipinski definition) is 3. The third-order valence-corrected chi connectivity index (χ3v) is 2.00. The van der Waals surface area contributed by atoms with E-state index in [1.165, 1.54) is 6.07 Å². The summed E-state index contributed by atoms with van der Waals surface area (Å²) in [6, 6.07) is 2.59. The van der Waals surface area contributed by atoms with Crippen LogP contribution in [0.15, 0.2) is 18.3 Å². The van der Waals surface area contributed by atoms with E-state index in [0.29, 0.717) is 18.7 Å². The van der Waals surface area contributed by atoms with Crippen LogP contribution in [0.1, 0.15) is 24.6 Å². The maximum Gasteiger partial charge on any atom is 0.146 e. The second kappa shape index (κ2) is 5.67. The molecule has 1 heterocycles. The van der Waals surface area contributed by atoms with Crippen molar-refractivity contribution in [1.29, 1.82) is 0 Å². The second-order valence-corrected chi connectivity index (χ2v) is 3.11. The smallest absolute Gasteiger partial charge is 0.146 e. The molecular weight excluding hydrogens is 183 g/mol. The van der Waals surface area contributed by atoms with E-state index in [1.54, 1.807) is 19.4 Å². The molecule has 1 aromatic heterocycles. The number of pyridine rings is 1. The van der Waals surface area contributed by atoms with Crippen LogP contribution in [-0.2, 0) is 4.74 Å². The summed E-state index contributed by atoms with van der Waals surface area (Å²) in [6.45, 7) is 0.641. The highest BCUT2D eigenvalue weighted by Crippen LogP contribution is 2.15. The molecule has 0 amide bonds. The first-order valence-electron chi connectivity index (χ1n) is 4.60. The molecule has 2 N–H and O–H groups in total. The van der Waals surface area contributed by atoms with Crippen molar-refractivity contribution in [2.45, 2.75) is 18.9 Å². The summed E-state index contributed by atoms with van der Waals surface area (Å²) in [5.74, 6) is -0.336. The molecule has 0 saturated heterocycles. The third-order valence-electron chi connectivity index (χ3n) is 2.00. The van der Waals surface area contributed by atoms with Crippen molar-refractivity contribution in [3.63, 3.8) is 0 Å². The van der Waals surface area contributed by atoms with Crippen molar-refractivity contribution in [3.05, 3.63) is 29.8 Å². The number of rotatable bonds is 5. The van der Waals surface area contributed by atoms with Crippen LogP contribution in [0.2, 0.25) is 0 Å². The van der Waals surface area contributed by atoms with Gasteiger partial charge in [-0.15, -0.1) is 0 Å². The van der Waals surface area contributed by atoms with Gasteiger partial charge in [0.05, 0.1) is 11.7 Å². The average molecular weight is 198 g/mol. The van der Waals surface area contributed by atoms with E-state index < -0.39 is 0 Å². The Balaban J connectivity index is 2.51. The highest BCUT2D eigenvalue weighted by Gasteiger charge is 2.11. The maximum absolute atomic E-state index is 13.2. The van der Waals surface area contributed by atoms with E-state index in [0.717, 1.165) is 6.42 Å². The van der Waals surface area contributed by atoms with E-state index >= 15 is 0 Å². The number of aromatic nitrogens is 1. The summed E-state index contributed by atoms with van der Waals surface area (Å²) in [7, 11) is 1.63. The van der Waals surface area contributed by atoms with Crippen molar-refractivity contribution in [2.75, 3.05) is 13.7 Å². The minimum Gasteiger partial charge on any atom is -0.385 e. The SMILES string of the molecule is COCCCC(N)c1ncccc1F. The van der Waals surface area contributed by atoms with Crippen molar-refractivity contribution >= 4 is 0 Å². The normalized spacial score (nSPS) is 12.8. The van der Waals surface area contributed by atoms with Gasteiger partial charge in [-0.3, -0.25) is 4.98 Å². The Morgan fingerprint density at radius 3 is 3.07 bits per heavy atom. The largest absolute Gasteiger partial charge is 0.385 e. The van der Waals surface area contributed by atoms with Crippen LogP contribution in [0.5, 0.6) is 0 Å². The minimum atomic E-state index is -0.341. The van der Waals surface area contributed by atoms with Crippen molar-refractivity contribution in [1.82, 2.24) is 4.98 Å². The highest BCUT2D eigenvalue weighted by molar-refractivity contribution is 5.10. The molecule has 3 nitrogen and oxygen atoms in total. The van der Waals surface area contributed by atoms with Gasteiger partial charge in [-0.1, -0.05) is 0 Å². The predicted molar refractivity (Wildman–Crippen MR) is 52.2 cm³/mol. The van der Waals surface area contributed by atoms with Crippen molar-refractivity contribution in [2.24, 2.45) is 5.73 Å². The number of hydrogen-bond donors (Lipinski definition) is 1. The fourth-order valence-electron chi connectivity index (χ4n) is 1.26. The van der Waals surface area contributed by atoms with E-state index in [9.17, 15) is 4.39 Å². The first kappa shape index (κ1) is 11.1. The molecule has 0 bridgehead atoms. The van der Waals surface area contributed by atoms with Gasteiger partial charge < -0.3 is 10.5 Å². The molecule has 1 aromatic rings. The number of nitrogens with two attached hydrogens (primary N) is 1. The Morgan fingerprint density at radius 2 is 2.43 bits per heavy atom. The van der Waals surface area contributed by atoms with E-state index in [2.05, 4.69) is 4.98 Å². The minimum absolute atomic E-state index is 0.336. The van der Waals surface area contributed by atoms with Gasteiger partial charge in [0.2, 0.25) is 0 Å². The first-order chi connectivity index (χ1) is 6.75. The molecule has 14 heavy (non-hydrogen) atoms. The molecule has 1 unspecified atom stereocenters. The molecule has 0 radical (unpaired) electrons. The molecule has 0 aliphatic heterocycles. The summed E-state index contributed by atoms with van der Waals surface area (Å²) >= 11 is 0. The van der Waals surface area contributed by atoms with Gasteiger partial charge in [-0.2, -0.15) is 0 Å². The molecule has 0 aromatic carbocycles. The lowest BCUT2D eigenvalue weighted by Gasteiger charge is -2.10. The average Bonchev–Trinajstić information content (AvgIpc) is 2.18. The summed E-state index contributed by atoms with van der Waals surface area (Å²) < 4.78 is 18.1. The first-order valence-corrected chi connectivity index (χ1v) is 4.60. The highest BCUT2D eigenvalue weighted by atomic mass is 19.1. The zero-order valence-corrected chi connectivity index (χ0v) is 8.24. The summed E-state index contributed by atoms with van der Waals surface area (Å²) in [6.07, 6.45) is 3.05. The summed E-state index contributed by atoms with van der Waals surface area (Å²) in [5, 5.41) is 0. The van der Waals surface area contributed by atoms with Crippen LogP contribution in [0.4, 0.5) is 4.39 Å². The summed E-state index contributed by atoms with van der Waals surface area (Å²) in [5.41, 5.74) is 6.12. The van der Waals surface area contributed by atoms with Crippen molar-refractivity contribution < 1.29 is 9.13 Å². The zero-order valence-electron chi connectivity index (χ0n) is 8.24. The van der Waals surface area contributed by atoms with Gasteiger partial charge in [-0.25, -0.2) is 4.39 Å². The van der Waals surface area contributed by atoms with Crippen LogP contribution in [-0.4, -0.2) is 18.7 Å². The van der Waals surface area contributed by atoms with Gasteiger partial charge in [-0.05, 0) is 25.0 Å². The van der Waals surface area contributed by atoms with Gasteiger partial charge in [0.25, 0.3) is 0 Å². The Morgan fingerprint density at radius 1 is 1.64 bits per heavy atom. The Labute approximate surface area is 83.1 Å². The lowest BCUT2D eigenvalue weighted by atomic mass is 10.1. The Hall–Kier alpha value is -1.00. The lowest BCUT2D eigenvalue weighted by Crippen LogP contribution is -2.14. The second-order valence-electron chi connectivity index (χ2n) is 3.11. The quantitative estimate of drug-likeness (QED) is 0.732. The fourth-order valence-corrected chi connectivity index (χ4v) is 1.26. The molecule has 0 aliphatic rings. The number of ether oxygens (including phenoxy) is 1. The zero-order chi connectivity index (χ0) is 10.4. The molecule has 0 saturated carbocycles. The topological polar surface area (TPSA) is 48.1 Å². The van der Waals surface area contributed by atoms with Gasteiger partial charge in [0, 0.05) is 19.9 Å². The van der Waals surface area contributed by atoms with E-state index in [4.69, 9.17) is 10.5 Å². The molecule has 0 spiro atoms.